The first-order chi connectivity index (χ1) is 10.3. The first-order valence-corrected chi connectivity index (χ1v) is 7.05. The molecule has 2 rings (SSSR count). The van der Waals surface area contributed by atoms with Gasteiger partial charge in [0.15, 0.2) is 0 Å². The highest BCUT2D eigenvalue weighted by atomic mass is 35.5. The molecule has 0 spiro atoms. The van der Waals surface area contributed by atoms with Gasteiger partial charge in [0.25, 0.3) is 0 Å². The van der Waals surface area contributed by atoms with E-state index in [1.165, 1.54) is 36.4 Å². The number of phenolic OH excluding ortho intramolecular Hbond substituents is 1. The van der Waals surface area contributed by atoms with Crippen molar-refractivity contribution in [2.45, 2.75) is 0 Å². The lowest BCUT2D eigenvalue weighted by atomic mass is 10.3. The number of rotatable bonds is 2. The molecule has 0 aliphatic heterocycles. The van der Waals surface area contributed by atoms with Crippen molar-refractivity contribution in [3.8, 4) is 5.75 Å². The van der Waals surface area contributed by atoms with Gasteiger partial charge < -0.3 is 15.7 Å². The average molecular weight is 360 g/mol. The van der Waals surface area contributed by atoms with E-state index < -0.39 is 11.8 Å². The van der Waals surface area contributed by atoms with Crippen LogP contribution >= 0.6 is 34.8 Å². The predicted octanol–water partition coefficient (Wildman–Crippen LogP) is 3.93. The Bertz CT molecular complexity index is 730. The van der Waals surface area contributed by atoms with E-state index in [2.05, 4.69) is 10.6 Å². The zero-order valence-corrected chi connectivity index (χ0v) is 13.1. The predicted molar refractivity (Wildman–Crippen MR) is 86.8 cm³/mol. The standard InChI is InChI=1S/C14H9Cl3N2O3/c15-7-1-2-12(20)11(6-7)19-14(22)13(21)18-10-4-8(16)3-9(17)5-10/h1-6,20H,(H,18,21)(H,19,22). The Morgan fingerprint density at radius 3 is 2.05 bits per heavy atom. The fourth-order valence-electron chi connectivity index (χ4n) is 1.60. The van der Waals surface area contributed by atoms with E-state index in [0.717, 1.165) is 0 Å². The summed E-state index contributed by atoms with van der Waals surface area (Å²) in [6, 6.07) is 8.43. The molecule has 0 atom stereocenters. The molecule has 0 heterocycles. The molecule has 0 saturated heterocycles. The van der Waals surface area contributed by atoms with Crippen molar-refractivity contribution < 1.29 is 14.7 Å². The van der Waals surface area contributed by atoms with Crippen LogP contribution in [0.5, 0.6) is 5.75 Å². The van der Waals surface area contributed by atoms with Crippen LogP contribution in [-0.4, -0.2) is 16.9 Å². The molecule has 3 N–H and O–H groups in total. The summed E-state index contributed by atoms with van der Waals surface area (Å²) in [5.41, 5.74) is 0.296. The van der Waals surface area contributed by atoms with Gasteiger partial charge in [0, 0.05) is 20.8 Å². The Labute approximate surface area is 140 Å². The molecule has 8 heteroatoms. The number of carbonyl (C=O) groups is 2. The lowest BCUT2D eigenvalue weighted by molar-refractivity contribution is -0.133. The Kier molecular flexibility index (Phi) is 5.13. The molecule has 0 fully saturated rings. The van der Waals surface area contributed by atoms with Crippen LogP contribution < -0.4 is 10.6 Å². The van der Waals surface area contributed by atoms with E-state index in [1.54, 1.807) is 0 Å². The van der Waals surface area contributed by atoms with Gasteiger partial charge in [-0.25, -0.2) is 0 Å². The average Bonchev–Trinajstić information content (AvgIpc) is 2.41. The monoisotopic (exact) mass is 358 g/mol. The van der Waals surface area contributed by atoms with Crippen LogP contribution in [0.3, 0.4) is 0 Å². The molecule has 0 aliphatic carbocycles. The topological polar surface area (TPSA) is 78.4 Å². The first-order valence-electron chi connectivity index (χ1n) is 5.92. The second kappa shape index (κ2) is 6.87. The third-order valence-corrected chi connectivity index (χ3v) is 3.20. The van der Waals surface area contributed by atoms with Crippen molar-refractivity contribution in [1.29, 1.82) is 0 Å². The number of halogens is 3. The van der Waals surface area contributed by atoms with Crippen LogP contribution in [0.25, 0.3) is 0 Å². The Morgan fingerprint density at radius 1 is 0.818 bits per heavy atom. The lowest BCUT2D eigenvalue weighted by Crippen LogP contribution is -2.29. The second-order valence-electron chi connectivity index (χ2n) is 4.23. The number of amides is 2. The van der Waals surface area contributed by atoms with Crippen molar-refractivity contribution in [1.82, 2.24) is 0 Å². The highest BCUT2D eigenvalue weighted by Gasteiger charge is 2.16. The van der Waals surface area contributed by atoms with Gasteiger partial charge in [0.1, 0.15) is 5.75 Å². The number of anilines is 2. The van der Waals surface area contributed by atoms with Crippen molar-refractivity contribution in [2.24, 2.45) is 0 Å². The maximum Gasteiger partial charge on any atom is 0.314 e. The van der Waals surface area contributed by atoms with Crippen molar-refractivity contribution >= 4 is 58.0 Å². The van der Waals surface area contributed by atoms with Gasteiger partial charge in [-0.05, 0) is 36.4 Å². The largest absolute Gasteiger partial charge is 0.506 e. The summed E-state index contributed by atoms with van der Waals surface area (Å²) in [5.74, 6) is -2.14. The molecule has 114 valence electrons. The van der Waals surface area contributed by atoms with Crippen LogP contribution in [0.2, 0.25) is 15.1 Å². The molecule has 0 saturated carbocycles. The summed E-state index contributed by atoms with van der Waals surface area (Å²) in [4.78, 5) is 23.6. The summed E-state index contributed by atoms with van der Waals surface area (Å²) in [5, 5.41) is 15.1. The number of carbonyl (C=O) groups excluding carboxylic acids is 2. The van der Waals surface area contributed by atoms with Gasteiger partial charge in [-0.1, -0.05) is 34.8 Å². The van der Waals surface area contributed by atoms with Gasteiger partial charge in [-0.15, -0.1) is 0 Å². The van der Waals surface area contributed by atoms with Crippen LogP contribution in [0.1, 0.15) is 0 Å². The quantitative estimate of drug-likeness (QED) is 0.561. The van der Waals surface area contributed by atoms with Crippen LogP contribution in [0.15, 0.2) is 36.4 Å². The zero-order chi connectivity index (χ0) is 16.3. The molecule has 5 nitrogen and oxygen atoms in total. The SMILES string of the molecule is O=C(Nc1cc(Cl)cc(Cl)c1)C(=O)Nc1cc(Cl)ccc1O. The first kappa shape index (κ1) is 16.4. The minimum absolute atomic E-state index is 0.0248. The van der Waals surface area contributed by atoms with Gasteiger partial charge in [0.05, 0.1) is 5.69 Å². The van der Waals surface area contributed by atoms with E-state index >= 15 is 0 Å². The van der Waals surface area contributed by atoms with E-state index in [4.69, 9.17) is 34.8 Å². The Balaban J connectivity index is 2.09. The molecule has 0 radical (unpaired) electrons. The molecule has 0 unspecified atom stereocenters. The summed E-state index contributed by atoms with van der Waals surface area (Å²) < 4.78 is 0. The minimum atomic E-state index is -0.978. The van der Waals surface area contributed by atoms with Crippen LogP contribution in [0.4, 0.5) is 11.4 Å². The molecule has 0 aromatic heterocycles. The number of hydrogen-bond donors (Lipinski definition) is 3. The highest BCUT2D eigenvalue weighted by Crippen LogP contribution is 2.26. The summed E-state index contributed by atoms with van der Waals surface area (Å²) in [6.45, 7) is 0. The number of hydrogen-bond acceptors (Lipinski definition) is 3. The minimum Gasteiger partial charge on any atom is -0.506 e. The number of phenols is 1. The fraction of sp³-hybridized carbons (Fsp3) is 0. The number of nitrogens with one attached hydrogen (secondary N) is 2. The summed E-state index contributed by atoms with van der Waals surface area (Å²) >= 11 is 17.3. The maximum atomic E-state index is 11.8. The Hall–Kier alpha value is -1.95. The van der Waals surface area contributed by atoms with E-state index in [9.17, 15) is 14.7 Å². The molecule has 22 heavy (non-hydrogen) atoms. The van der Waals surface area contributed by atoms with Gasteiger partial charge in [-0.3, -0.25) is 9.59 Å². The molecule has 2 amide bonds. The third kappa shape index (κ3) is 4.27. The molecular formula is C14H9Cl3N2O3. The van der Waals surface area contributed by atoms with Crippen LogP contribution in [0, 0.1) is 0 Å². The lowest BCUT2D eigenvalue weighted by Gasteiger charge is -2.09. The Morgan fingerprint density at radius 2 is 1.41 bits per heavy atom. The molecule has 0 aliphatic rings. The molecule has 2 aromatic carbocycles. The maximum absolute atomic E-state index is 11.8. The third-order valence-electron chi connectivity index (χ3n) is 2.53. The highest BCUT2D eigenvalue weighted by molar-refractivity contribution is 6.44. The second-order valence-corrected chi connectivity index (χ2v) is 5.54. The normalized spacial score (nSPS) is 10.1. The van der Waals surface area contributed by atoms with Gasteiger partial charge >= 0.3 is 11.8 Å². The van der Waals surface area contributed by atoms with E-state index in [1.807, 2.05) is 0 Å². The molecule has 0 bridgehead atoms. The molecular weight excluding hydrogens is 351 g/mol. The fourth-order valence-corrected chi connectivity index (χ4v) is 2.30. The van der Waals surface area contributed by atoms with E-state index in [-0.39, 0.29) is 17.1 Å². The summed E-state index contributed by atoms with van der Waals surface area (Å²) in [6.07, 6.45) is 0. The van der Waals surface area contributed by atoms with Crippen molar-refractivity contribution in [2.75, 3.05) is 10.6 Å². The molecule has 2 aromatic rings. The van der Waals surface area contributed by atoms with Crippen molar-refractivity contribution in [3.05, 3.63) is 51.5 Å². The van der Waals surface area contributed by atoms with Crippen LogP contribution in [-0.2, 0) is 9.59 Å². The zero-order valence-electron chi connectivity index (χ0n) is 10.9. The summed E-state index contributed by atoms with van der Waals surface area (Å²) in [7, 11) is 0. The van der Waals surface area contributed by atoms with Gasteiger partial charge in [0.2, 0.25) is 0 Å². The van der Waals surface area contributed by atoms with Gasteiger partial charge in [-0.2, -0.15) is 0 Å². The smallest absolute Gasteiger partial charge is 0.314 e. The number of aromatic hydroxyl groups is 1. The number of benzene rings is 2. The van der Waals surface area contributed by atoms with Crippen molar-refractivity contribution in [3.63, 3.8) is 0 Å². The van der Waals surface area contributed by atoms with E-state index in [0.29, 0.717) is 15.1 Å².